The van der Waals surface area contributed by atoms with E-state index in [0.717, 1.165) is 29.8 Å². The van der Waals surface area contributed by atoms with E-state index in [2.05, 4.69) is 19.1 Å². The standard InChI is InChI=1S/C21H26N2O2/c1-16-13-17(14-22)15-23(16)21(24)11-12-25-20-10-6-5-9-19(20)18-7-3-2-4-8-18/h2-10,16-17H,11-15,22H2,1H3. The Kier molecular flexibility index (Phi) is 5.71. The van der Waals surface area contributed by atoms with Gasteiger partial charge in [-0.15, -0.1) is 0 Å². The lowest BCUT2D eigenvalue weighted by molar-refractivity contribution is -0.132. The average molecular weight is 338 g/mol. The predicted molar refractivity (Wildman–Crippen MR) is 100 cm³/mol. The fourth-order valence-corrected chi connectivity index (χ4v) is 3.50. The molecule has 0 bridgehead atoms. The highest BCUT2D eigenvalue weighted by Crippen LogP contribution is 2.29. The Balaban J connectivity index is 1.59. The molecule has 2 aromatic carbocycles. The van der Waals surface area contributed by atoms with Gasteiger partial charge in [0.15, 0.2) is 0 Å². The van der Waals surface area contributed by atoms with Gasteiger partial charge in [-0.2, -0.15) is 0 Å². The number of para-hydroxylation sites is 1. The van der Waals surface area contributed by atoms with Crippen molar-refractivity contribution < 1.29 is 9.53 Å². The first kappa shape index (κ1) is 17.5. The number of rotatable bonds is 6. The van der Waals surface area contributed by atoms with Gasteiger partial charge >= 0.3 is 0 Å². The highest BCUT2D eigenvalue weighted by Gasteiger charge is 2.31. The second-order valence-electron chi connectivity index (χ2n) is 6.69. The van der Waals surface area contributed by atoms with Gasteiger partial charge in [-0.3, -0.25) is 4.79 Å². The summed E-state index contributed by atoms with van der Waals surface area (Å²) >= 11 is 0. The van der Waals surface area contributed by atoms with Gasteiger partial charge < -0.3 is 15.4 Å². The summed E-state index contributed by atoms with van der Waals surface area (Å²) in [6, 6.07) is 18.4. The van der Waals surface area contributed by atoms with Gasteiger partial charge in [-0.05, 0) is 37.4 Å². The number of hydrogen-bond donors (Lipinski definition) is 1. The molecule has 0 radical (unpaired) electrons. The lowest BCUT2D eigenvalue weighted by Gasteiger charge is -2.21. The van der Waals surface area contributed by atoms with Crippen LogP contribution in [0.2, 0.25) is 0 Å². The molecule has 0 saturated carbocycles. The molecule has 2 N–H and O–H groups in total. The summed E-state index contributed by atoms with van der Waals surface area (Å²) in [6.07, 6.45) is 1.39. The average Bonchev–Trinajstić information content (AvgIpc) is 3.04. The van der Waals surface area contributed by atoms with Gasteiger partial charge in [-0.25, -0.2) is 0 Å². The van der Waals surface area contributed by atoms with E-state index in [4.69, 9.17) is 10.5 Å². The van der Waals surface area contributed by atoms with E-state index in [1.807, 2.05) is 47.4 Å². The van der Waals surface area contributed by atoms with Crippen LogP contribution in [-0.2, 0) is 4.79 Å². The van der Waals surface area contributed by atoms with E-state index < -0.39 is 0 Å². The lowest BCUT2D eigenvalue weighted by atomic mass is 10.1. The highest BCUT2D eigenvalue weighted by molar-refractivity contribution is 5.77. The number of carbonyl (C=O) groups excluding carboxylic acids is 1. The topological polar surface area (TPSA) is 55.6 Å². The first-order valence-corrected chi connectivity index (χ1v) is 8.96. The summed E-state index contributed by atoms with van der Waals surface area (Å²) in [5.74, 6) is 1.40. The van der Waals surface area contributed by atoms with E-state index in [9.17, 15) is 4.79 Å². The summed E-state index contributed by atoms with van der Waals surface area (Å²) in [6.45, 7) is 3.91. The third kappa shape index (κ3) is 4.20. The van der Waals surface area contributed by atoms with E-state index in [1.165, 1.54) is 0 Å². The van der Waals surface area contributed by atoms with Crippen molar-refractivity contribution in [3.05, 3.63) is 54.6 Å². The summed E-state index contributed by atoms with van der Waals surface area (Å²) in [4.78, 5) is 14.4. The molecular formula is C21H26N2O2. The smallest absolute Gasteiger partial charge is 0.226 e. The maximum Gasteiger partial charge on any atom is 0.226 e. The maximum absolute atomic E-state index is 12.5. The van der Waals surface area contributed by atoms with Crippen molar-refractivity contribution in [3.8, 4) is 16.9 Å². The zero-order chi connectivity index (χ0) is 17.6. The number of amides is 1. The SMILES string of the molecule is CC1CC(CN)CN1C(=O)CCOc1ccccc1-c1ccccc1. The molecule has 0 spiro atoms. The van der Waals surface area contributed by atoms with Gasteiger partial charge in [0.2, 0.25) is 5.91 Å². The van der Waals surface area contributed by atoms with Crippen molar-refractivity contribution in [3.63, 3.8) is 0 Å². The predicted octanol–water partition coefficient (Wildman–Crippen LogP) is 3.32. The Hall–Kier alpha value is -2.33. The van der Waals surface area contributed by atoms with Crippen LogP contribution in [0, 0.1) is 5.92 Å². The monoisotopic (exact) mass is 338 g/mol. The molecular weight excluding hydrogens is 312 g/mol. The highest BCUT2D eigenvalue weighted by atomic mass is 16.5. The minimum absolute atomic E-state index is 0.153. The van der Waals surface area contributed by atoms with Gasteiger partial charge in [0.05, 0.1) is 13.0 Å². The second-order valence-corrected chi connectivity index (χ2v) is 6.69. The van der Waals surface area contributed by atoms with Gasteiger partial charge in [-0.1, -0.05) is 48.5 Å². The number of benzene rings is 2. The molecule has 2 unspecified atom stereocenters. The van der Waals surface area contributed by atoms with Crippen molar-refractivity contribution in [1.82, 2.24) is 4.90 Å². The van der Waals surface area contributed by atoms with Crippen molar-refractivity contribution in [2.75, 3.05) is 19.7 Å². The number of likely N-dealkylation sites (tertiary alicyclic amines) is 1. The van der Waals surface area contributed by atoms with E-state index in [-0.39, 0.29) is 11.9 Å². The van der Waals surface area contributed by atoms with Crippen LogP contribution in [0.5, 0.6) is 5.75 Å². The van der Waals surface area contributed by atoms with Crippen LogP contribution in [0.3, 0.4) is 0 Å². The molecule has 0 aromatic heterocycles. The number of hydrogen-bond acceptors (Lipinski definition) is 3. The Bertz CT molecular complexity index is 702. The molecule has 1 heterocycles. The van der Waals surface area contributed by atoms with E-state index in [0.29, 0.717) is 25.5 Å². The fourth-order valence-electron chi connectivity index (χ4n) is 3.50. The Morgan fingerprint density at radius 2 is 1.88 bits per heavy atom. The Labute approximate surface area is 149 Å². The molecule has 1 saturated heterocycles. The quantitative estimate of drug-likeness (QED) is 0.879. The molecule has 1 aliphatic rings. The number of carbonyl (C=O) groups is 1. The lowest BCUT2D eigenvalue weighted by Crippen LogP contribution is -2.35. The van der Waals surface area contributed by atoms with Crippen LogP contribution in [0.1, 0.15) is 19.8 Å². The second kappa shape index (κ2) is 8.17. The summed E-state index contributed by atoms with van der Waals surface area (Å²) in [5, 5.41) is 0. The van der Waals surface area contributed by atoms with Crippen LogP contribution in [0.15, 0.2) is 54.6 Å². The van der Waals surface area contributed by atoms with E-state index >= 15 is 0 Å². The number of nitrogens with zero attached hydrogens (tertiary/aromatic N) is 1. The van der Waals surface area contributed by atoms with Crippen LogP contribution in [0.4, 0.5) is 0 Å². The van der Waals surface area contributed by atoms with Crippen molar-refractivity contribution in [1.29, 1.82) is 0 Å². The van der Waals surface area contributed by atoms with Crippen LogP contribution in [0.25, 0.3) is 11.1 Å². The molecule has 0 aliphatic carbocycles. The molecule has 1 aliphatic heterocycles. The third-order valence-corrected chi connectivity index (χ3v) is 4.86. The summed E-state index contributed by atoms with van der Waals surface area (Å²) in [5.41, 5.74) is 7.91. The number of ether oxygens (including phenoxy) is 1. The van der Waals surface area contributed by atoms with Crippen LogP contribution in [-0.4, -0.2) is 36.5 Å². The Morgan fingerprint density at radius 3 is 2.60 bits per heavy atom. The van der Waals surface area contributed by atoms with Crippen molar-refractivity contribution >= 4 is 5.91 Å². The molecule has 25 heavy (non-hydrogen) atoms. The fraction of sp³-hybridized carbons (Fsp3) is 0.381. The van der Waals surface area contributed by atoms with Gasteiger partial charge in [0.1, 0.15) is 5.75 Å². The first-order chi connectivity index (χ1) is 12.2. The minimum atomic E-state index is 0.153. The zero-order valence-corrected chi connectivity index (χ0v) is 14.7. The third-order valence-electron chi connectivity index (χ3n) is 4.86. The summed E-state index contributed by atoms with van der Waals surface area (Å²) in [7, 11) is 0. The molecule has 2 atom stereocenters. The van der Waals surface area contributed by atoms with Crippen LogP contribution >= 0.6 is 0 Å². The Morgan fingerprint density at radius 1 is 1.16 bits per heavy atom. The molecule has 1 amide bonds. The maximum atomic E-state index is 12.5. The van der Waals surface area contributed by atoms with Gasteiger partial charge in [0, 0.05) is 18.2 Å². The van der Waals surface area contributed by atoms with E-state index in [1.54, 1.807) is 0 Å². The first-order valence-electron chi connectivity index (χ1n) is 8.96. The molecule has 4 nitrogen and oxygen atoms in total. The molecule has 132 valence electrons. The molecule has 4 heteroatoms. The van der Waals surface area contributed by atoms with Gasteiger partial charge in [0.25, 0.3) is 0 Å². The normalized spacial score (nSPS) is 19.8. The van der Waals surface area contributed by atoms with Crippen molar-refractivity contribution in [2.45, 2.75) is 25.8 Å². The molecule has 2 aromatic rings. The number of nitrogens with two attached hydrogens (primary N) is 1. The largest absolute Gasteiger partial charge is 0.492 e. The zero-order valence-electron chi connectivity index (χ0n) is 14.7. The van der Waals surface area contributed by atoms with Crippen LogP contribution < -0.4 is 10.5 Å². The molecule has 1 fully saturated rings. The van der Waals surface area contributed by atoms with Crippen molar-refractivity contribution in [2.24, 2.45) is 11.7 Å². The molecule has 3 rings (SSSR count). The summed E-state index contributed by atoms with van der Waals surface area (Å²) < 4.78 is 5.94. The minimum Gasteiger partial charge on any atom is -0.492 e.